The number of aliphatic hydroxyl groups is 1. The maximum atomic E-state index is 8.37. The number of hydrogen-bond donors (Lipinski definition) is 2. The first-order valence-corrected chi connectivity index (χ1v) is 5.22. The highest BCUT2D eigenvalue weighted by atomic mass is 28.2. The molecule has 8 heavy (non-hydrogen) atoms. The molecule has 0 rings (SSSR count). The molecule has 0 fully saturated rings. The molecule has 0 spiro atoms. The van der Waals surface area contributed by atoms with Gasteiger partial charge in [0.25, 0.3) is 0 Å². The minimum Gasteiger partial charge on any atom is -0.397 e. The summed E-state index contributed by atoms with van der Waals surface area (Å²) < 4.78 is 0. The van der Waals surface area contributed by atoms with Gasteiger partial charge in [0.15, 0.2) is 0 Å². The normalized spacial score (nSPS) is 11.2. The highest BCUT2D eigenvalue weighted by Gasteiger charge is 1.85. The van der Waals surface area contributed by atoms with E-state index in [2.05, 4.69) is 0 Å². The Morgan fingerprint density at radius 3 is 2.62 bits per heavy atom. The first kappa shape index (κ1) is 8.14. The largest absolute Gasteiger partial charge is 0.397 e. The summed E-state index contributed by atoms with van der Waals surface area (Å²) in [6.07, 6.45) is 1.16. The summed E-state index contributed by atoms with van der Waals surface area (Å²) in [7, 11) is 0.0703. The van der Waals surface area contributed by atoms with Gasteiger partial charge >= 0.3 is 0 Å². The van der Waals surface area contributed by atoms with E-state index in [4.69, 9.17) is 10.8 Å². The van der Waals surface area contributed by atoms with Crippen molar-refractivity contribution in [3.63, 3.8) is 0 Å². The topological polar surface area (TPSA) is 46.2 Å². The fraction of sp³-hybridized carbons (Fsp3) is 1.00. The first-order valence-electron chi connectivity index (χ1n) is 3.22. The van der Waals surface area contributed by atoms with Crippen molar-refractivity contribution >= 4 is 9.52 Å². The van der Waals surface area contributed by atoms with Gasteiger partial charge in [-0.3, -0.25) is 0 Å². The van der Waals surface area contributed by atoms with E-state index in [1.54, 1.807) is 0 Å². The number of hydrogen-bond acceptors (Lipinski definition) is 2. The number of nitrogens with two attached hydrogens (primary N) is 1. The van der Waals surface area contributed by atoms with Crippen molar-refractivity contribution in [2.75, 3.05) is 13.2 Å². The molecular formula is C5H15NOSi. The Labute approximate surface area is 52.9 Å². The van der Waals surface area contributed by atoms with Gasteiger partial charge in [-0.2, -0.15) is 0 Å². The molecule has 0 saturated heterocycles. The summed E-state index contributed by atoms with van der Waals surface area (Å²) in [4.78, 5) is 0. The van der Waals surface area contributed by atoms with Crippen molar-refractivity contribution in [2.45, 2.75) is 18.5 Å². The molecule has 50 valence electrons. The van der Waals surface area contributed by atoms with Gasteiger partial charge < -0.3 is 10.8 Å². The summed E-state index contributed by atoms with van der Waals surface area (Å²) in [5, 5.41) is 8.37. The molecule has 0 bridgehead atoms. The van der Waals surface area contributed by atoms with Gasteiger partial charge in [-0.1, -0.05) is 6.04 Å². The third kappa shape index (κ3) is 6.14. The summed E-state index contributed by atoms with van der Waals surface area (Å²) in [5.74, 6) is 0. The van der Waals surface area contributed by atoms with Crippen molar-refractivity contribution in [3.8, 4) is 0 Å². The van der Waals surface area contributed by atoms with Crippen molar-refractivity contribution in [2.24, 2.45) is 5.73 Å². The third-order valence-electron chi connectivity index (χ3n) is 1.11. The van der Waals surface area contributed by atoms with E-state index in [0.717, 1.165) is 19.0 Å². The fourth-order valence-electron chi connectivity index (χ4n) is 0.610. The van der Waals surface area contributed by atoms with E-state index in [1.165, 1.54) is 6.04 Å². The molecule has 0 aliphatic carbocycles. The van der Waals surface area contributed by atoms with E-state index in [-0.39, 0.29) is 9.52 Å². The van der Waals surface area contributed by atoms with Crippen LogP contribution in [0.4, 0.5) is 0 Å². The molecule has 0 aliphatic heterocycles. The molecule has 0 radical (unpaired) electrons. The van der Waals surface area contributed by atoms with E-state index >= 15 is 0 Å². The lowest BCUT2D eigenvalue weighted by Crippen LogP contribution is -2.01. The van der Waals surface area contributed by atoms with Crippen molar-refractivity contribution in [1.82, 2.24) is 0 Å². The molecule has 0 unspecified atom stereocenters. The number of aliphatic hydroxyl groups excluding tert-OH is 1. The van der Waals surface area contributed by atoms with Gasteiger partial charge in [0, 0.05) is 16.1 Å². The maximum Gasteiger partial charge on any atom is 0.0402 e. The molecule has 0 heterocycles. The molecule has 0 aromatic heterocycles. The second-order valence-corrected chi connectivity index (χ2v) is 4.05. The quantitative estimate of drug-likeness (QED) is 0.386. The smallest absolute Gasteiger partial charge is 0.0402 e. The van der Waals surface area contributed by atoms with Crippen LogP contribution in [0.2, 0.25) is 12.1 Å². The molecule has 0 saturated carbocycles. The Kier molecular flexibility index (Phi) is 7.26. The van der Waals surface area contributed by atoms with E-state index in [0.29, 0.717) is 6.61 Å². The minimum atomic E-state index is 0.0703. The highest BCUT2D eigenvalue weighted by Crippen LogP contribution is 1.87. The van der Waals surface area contributed by atoms with Gasteiger partial charge in [-0.25, -0.2) is 0 Å². The Balaban J connectivity index is 2.53. The fourth-order valence-corrected chi connectivity index (χ4v) is 1.83. The van der Waals surface area contributed by atoms with Crippen LogP contribution in [0.15, 0.2) is 0 Å². The monoisotopic (exact) mass is 133 g/mol. The zero-order chi connectivity index (χ0) is 6.24. The lowest BCUT2D eigenvalue weighted by Gasteiger charge is -1.92. The van der Waals surface area contributed by atoms with Crippen molar-refractivity contribution in [3.05, 3.63) is 0 Å². The summed E-state index contributed by atoms with van der Waals surface area (Å²) in [6.45, 7) is 1.20. The Bertz CT molecular complexity index is 37.4. The predicted molar refractivity (Wildman–Crippen MR) is 38.9 cm³/mol. The molecule has 0 amide bonds. The second-order valence-electron chi connectivity index (χ2n) is 1.93. The average molecular weight is 133 g/mol. The molecule has 3 heteroatoms. The van der Waals surface area contributed by atoms with Gasteiger partial charge in [-0.05, 0) is 19.0 Å². The molecule has 0 aromatic rings. The minimum absolute atomic E-state index is 0.0703. The molecule has 3 N–H and O–H groups in total. The van der Waals surface area contributed by atoms with Gasteiger partial charge in [0.1, 0.15) is 0 Å². The first-order chi connectivity index (χ1) is 3.91. The summed E-state index contributed by atoms with van der Waals surface area (Å²) >= 11 is 0. The van der Waals surface area contributed by atoms with Crippen LogP contribution in [0.25, 0.3) is 0 Å². The molecule has 0 aromatic carbocycles. The van der Waals surface area contributed by atoms with E-state index in [9.17, 15) is 0 Å². The Hall–Kier alpha value is 0.137. The van der Waals surface area contributed by atoms with E-state index < -0.39 is 0 Å². The van der Waals surface area contributed by atoms with Crippen LogP contribution in [0.5, 0.6) is 0 Å². The standard InChI is InChI=1S/C5H15NOSi/c6-2-1-4-8-5-3-7/h7H,1-6,8H2. The van der Waals surface area contributed by atoms with Crippen LogP contribution in [-0.2, 0) is 0 Å². The summed E-state index contributed by atoms with van der Waals surface area (Å²) in [5.41, 5.74) is 5.27. The van der Waals surface area contributed by atoms with Crippen molar-refractivity contribution in [1.29, 1.82) is 0 Å². The zero-order valence-electron chi connectivity index (χ0n) is 5.27. The van der Waals surface area contributed by atoms with Crippen LogP contribution in [0.3, 0.4) is 0 Å². The van der Waals surface area contributed by atoms with E-state index in [1.807, 2.05) is 0 Å². The van der Waals surface area contributed by atoms with Gasteiger partial charge in [-0.15, -0.1) is 0 Å². The number of rotatable bonds is 5. The van der Waals surface area contributed by atoms with Crippen LogP contribution >= 0.6 is 0 Å². The third-order valence-corrected chi connectivity index (χ3v) is 2.93. The van der Waals surface area contributed by atoms with Crippen LogP contribution in [-0.4, -0.2) is 27.8 Å². The Morgan fingerprint density at radius 1 is 1.38 bits per heavy atom. The molecule has 0 atom stereocenters. The van der Waals surface area contributed by atoms with Gasteiger partial charge in [0.2, 0.25) is 0 Å². The SMILES string of the molecule is NCCC[SiH2]CCO. The zero-order valence-corrected chi connectivity index (χ0v) is 6.68. The second kappa shape index (κ2) is 7.14. The molecular weight excluding hydrogens is 118 g/mol. The van der Waals surface area contributed by atoms with Gasteiger partial charge in [0.05, 0.1) is 0 Å². The van der Waals surface area contributed by atoms with Crippen molar-refractivity contribution < 1.29 is 5.11 Å². The molecule has 0 aliphatic rings. The summed E-state index contributed by atoms with van der Waals surface area (Å²) in [6, 6.07) is 2.37. The molecule has 2 nitrogen and oxygen atoms in total. The van der Waals surface area contributed by atoms with Crippen LogP contribution < -0.4 is 5.73 Å². The maximum absolute atomic E-state index is 8.37. The predicted octanol–water partition coefficient (Wildman–Crippen LogP) is -0.667. The average Bonchev–Trinajstić information content (AvgIpc) is 1.81. The van der Waals surface area contributed by atoms with Crippen LogP contribution in [0.1, 0.15) is 6.42 Å². The lowest BCUT2D eigenvalue weighted by molar-refractivity contribution is 0.318. The Morgan fingerprint density at radius 2 is 2.12 bits per heavy atom. The van der Waals surface area contributed by atoms with Crippen LogP contribution in [0, 0.1) is 0 Å². The lowest BCUT2D eigenvalue weighted by atomic mass is 10.5. The highest BCUT2D eigenvalue weighted by molar-refractivity contribution is 6.35.